The standard InChI is InChI=1S/C38H40N6O6/c1-47-33-20-15-28(26-34(33)48-2)21-23-40-43-37(46)38(22-8-12-27-10-4-3-5-11-27)35(31-13-6-7-14-32(31)42-44-39)50-36(41-38)29-16-18-30(19-17-29)49-25-9-24-45/h3-8,10-20,26,35,40,45H,9,21-25H2,1-2H3,(H,43,46)/b12-8+/t35-,38-/m0/s1. The van der Waals surface area contributed by atoms with E-state index in [4.69, 9.17) is 29.0 Å². The van der Waals surface area contributed by atoms with Crippen molar-refractivity contribution in [3.8, 4) is 17.2 Å². The fourth-order valence-corrected chi connectivity index (χ4v) is 5.57. The zero-order valence-corrected chi connectivity index (χ0v) is 28.0. The van der Waals surface area contributed by atoms with Crippen LogP contribution in [0, 0.1) is 0 Å². The van der Waals surface area contributed by atoms with Crippen LogP contribution in [0.15, 0.2) is 113 Å². The van der Waals surface area contributed by atoms with Gasteiger partial charge in [0.15, 0.2) is 23.1 Å². The topological polar surface area (TPSA) is 159 Å². The number of methoxy groups -OCH3 is 2. The SMILES string of the molecule is COc1ccc(CCNNC(=O)[C@@]2(C/C=C/c3ccccc3)N=C(c3ccc(OCCCO)cc3)O[C@H]2c2ccccc2N=[N+]=[N-])cc1OC. The van der Waals surface area contributed by atoms with Gasteiger partial charge in [-0.05, 0) is 59.5 Å². The predicted octanol–water partition coefficient (Wildman–Crippen LogP) is 6.63. The van der Waals surface area contributed by atoms with Crippen molar-refractivity contribution >= 4 is 23.6 Å². The maximum Gasteiger partial charge on any atom is 0.266 e. The summed E-state index contributed by atoms with van der Waals surface area (Å²) in [6.45, 7) is 0.823. The third kappa shape index (κ3) is 8.61. The van der Waals surface area contributed by atoms with Crippen molar-refractivity contribution in [2.75, 3.05) is 34.0 Å². The van der Waals surface area contributed by atoms with Crippen LogP contribution < -0.4 is 25.1 Å². The van der Waals surface area contributed by atoms with E-state index in [-0.39, 0.29) is 18.9 Å². The van der Waals surface area contributed by atoms with E-state index in [1.165, 1.54) is 0 Å². The van der Waals surface area contributed by atoms with Crippen LogP contribution in [0.4, 0.5) is 5.69 Å². The van der Waals surface area contributed by atoms with E-state index in [9.17, 15) is 10.3 Å². The summed E-state index contributed by atoms with van der Waals surface area (Å²) < 4.78 is 23.0. The molecule has 0 radical (unpaired) electrons. The fourth-order valence-electron chi connectivity index (χ4n) is 5.57. The Morgan fingerprint density at radius 2 is 1.78 bits per heavy atom. The molecule has 0 unspecified atom stereocenters. The molecule has 12 nitrogen and oxygen atoms in total. The first-order valence-electron chi connectivity index (χ1n) is 16.2. The van der Waals surface area contributed by atoms with Gasteiger partial charge in [-0.3, -0.25) is 10.2 Å². The number of aliphatic hydroxyl groups excluding tert-OH is 1. The average molecular weight is 677 g/mol. The molecule has 0 saturated carbocycles. The summed E-state index contributed by atoms with van der Waals surface area (Å²) in [5.41, 5.74) is 17.2. The van der Waals surface area contributed by atoms with Crippen LogP contribution in [0.3, 0.4) is 0 Å². The molecule has 0 aliphatic carbocycles. The van der Waals surface area contributed by atoms with Crippen molar-refractivity contribution in [3.63, 3.8) is 0 Å². The van der Waals surface area contributed by atoms with E-state index in [2.05, 4.69) is 20.9 Å². The van der Waals surface area contributed by atoms with Gasteiger partial charge in [-0.25, -0.2) is 10.4 Å². The number of benzene rings is 4. The smallest absolute Gasteiger partial charge is 0.266 e. The van der Waals surface area contributed by atoms with Crippen molar-refractivity contribution in [1.29, 1.82) is 0 Å². The number of ether oxygens (including phenoxy) is 4. The summed E-state index contributed by atoms with van der Waals surface area (Å²) in [6, 6.07) is 29.6. The summed E-state index contributed by atoms with van der Waals surface area (Å²) in [4.78, 5) is 22.5. The number of amides is 1. The van der Waals surface area contributed by atoms with Gasteiger partial charge in [0, 0.05) is 47.7 Å². The Labute approximate surface area is 291 Å². The number of aliphatic hydroxyl groups is 1. The first kappa shape index (κ1) is 35.5. The lowest BCUT2D eigenvalue weighted by molar-refractivity contribution is -0.129. The first-order valence-corrected chi connectivity index (χ1v) is 16.2. The molecule has 3 N–H and O–H groups in total. The lowest BCUT2D eigenvalue weighted by Gasteiger charge is -2.30. The zero-order chi connectivity index (χ0) is 35.2. The second-order valence-electron chi connectivity index (χ2n) is 11.4. The molecule has 0 fully saturated rings. The molecule has 5 rings (SSSR count). The number of azide groups is 1. The maximum atomic E-state index is 14.5. The highest BCUT2D eigenvalue weighted by molar-refractivity contribution is 6.01. The third-order valence-electron chi connectivity index (χ3n) is 8.13. The lowest BCUT2D eigenvalue weighted by atomic mass is 9.83. The molecular formula is C38H40N6O6. The van der Waals surface area contributed by atoms with Gasteiger partial charge in [-0.2, -0.15) is 0 Å². The average Bonchev–Trinajstić information content (AvgIpc) is 3.55. The Hall–Kier alpha value is -5.81. The molecule has 4 aromatic carbocycles. The number of hydrogen-bond acceptors (Lipinski definition) is 9. The fraction of sp³-hybridized carbons (Fsp3) is 0.263. The number of carbonyl (C=O) groups excluding carboxylic acids is 1. The Kier molecular flexibility index (Phi) is 12.5. The highest BCUT2D eigenvalue weighted by Gasteiger charge is 2.53. The molecule has 1 amide bonds. The Bertz CT molecular complexity index is 1840. The molecule has 1 heterocycles. The van der Waals surface area contributed by atoms with Gasteiger partial charge in [0.05, 0.1) is 20.8 Å². The maximum absolute atomic E-state index is 14.5. The second-order valence-corrected chi connectivity index (χ2v) is 11.4. The summed E-state index contributed by atoms with van der Waals surface area (Å²) in [6.07, 6.45) is 4.14. The number of hydrazine groups is 1. The Morgan fingerprint density at radius 1 is 1.02 bits per heavy atom. The van der Waals surface area contributed by atoms with Crippen LogP contribution in [-0.4, -0.2) is 56.4 Å². The molecular weight excluding hydrogens is 636 g/mol. The van der Waals surface area contributed by atoms with Crippen LogP contribution in [-0.2, 0) is 16.0 Å². The molecule has 50 heavy (non-hydrogen) atoms. The summed E-state index contributed by atoms with van der Waals surface area (Å²) in [7, 11) is 3.17. The number of hydrogen-bond donors (Lipinski definition) is 3. The quantitative estimate of drug-likeness (QED) is 0.0372. The van der Waals surface area contributed by atoms with Gasteiger partial charge < -0.3 is 24.1 Å². The largest absolute Gasteiger partial charge is 0.494 e. The number of nitrogens with one attached hydrogen (secondary N) is 2. The molecule has 1 aliphatic rings. The minimum Gasteiger partial charge on any atom is -0.494 e. The minimum absolute atomic E-state index is 0.0371. The number of aliphatic imine (C=N–C) groups is 1. The van der Waals surface area contributed by atoms with Crippen LogP contribution in [0.5, 0.6) is 17.2 Å². The van der Waals surface area contributed by atoms with Crippen molar-refractivity contribution in [2.24, 2.45) is 10.1 Å². The normalized spacial score (nSPS) is 16.6. The van der Waals surface area contributed by atoms with Gasteiger partial charge >= 0.3 is 0 Å². The van der Waals surface area contributed by atoms with Crippen molar-refractivity contribution < 1.29 is 28.8 Å². The molecule has 2 atom stereocenters. The van der Waals surface area contributed by atoms with E-state index in [1.807, 2.05) is 60.7 Å². The summed E-state index contributed by atoms with van der Waals surface area (Å²) in [5.74, 6) is 1.70. The van der Waals surface area contributed by atoms with Gasteiger partial charge in [0.25, 0.3) is 5.91 Å². The second kappa shape index (κ2) is 17.5. The number of nitrogens with zero attached hydrogens (tertiary/aromatic N) is 4. The van der Waals surface area contributed by atoms with Crippen molar-refractivity contribution in [3.05, 3.63) is 136 Å². The number of rotatable bonds is 17. The molecule has 0 bridgehead atoms. The van der Waals surface area contributed by atoms with E-state index >= 15 is 0 Å². The van der Waals surface area contributed by atoms with E-state index in [1.54, 1.807) is 62.8 Å². The molecule has 4 aromatic rings. The van der Waals surface area contributed by atoms with Crippen molar-refractivity contribution in [2.45, 2.75) is 30.9 Å². The monoisotopic (exact) mass is 676 g/mol. The van der Waals surface area contributed by atoms with Crippen LogP contribution in [0.2, 0.25) is 0 Å². The van der Waals surface area contributed by atoms with Crippen LogP contribution in [0.25, 0.3) is 16.5 Å². The summed E-state index contributed by atoms with van der Waals surface area (Å²) in [5, 5.41) is 13.0. The summed E-state index contributed by atoms with van der Waals surface area (Å²) >= 11 is 0. The van der Waals surface area contributed by atoms with Gasteiger partial charge in [0.2, 0.25) is 5.90 Å². The molecule has 0 spiro atoms. The Morgan fingerprint density at radius 3 is 2.52 bits per heavy atom. The molecule has 1 aliphatic heterocycles. The highest BCUT2D eigenvalue weighted by atomic mass is 16.5. The van der Waals surface area contributed by atoms with Crippen LogP contribution in [0.1, 0.15) is 41.2 Å². The van der Waals surface area contributed by atoms with Gasteiger partial charge in [-0.15, -0.1) is 0 Å². The third-order valence-corrected chi connectivity index (χ3v) is 8.13. The van der Waals surface area contributed by atoms with E-state index in [0.29, 0.717) is 60.1 Å². The zero-order valence-electron chi connectivity index (χ0n) is 28.0. The molecule has 0 aromatic heterocycles. The predicted molar refractivity (Wildman–Crippen MR) is 191 cm³/mol. The van der Waals surface area contributed by atoms with Crippen LogP contribution >= 0.6 is 0 Å². The number of carbonyl (C=O) groups is 1. The Balaban J connectivity index is 1.48. The highest BCUT2D eigenvalue weighted by Crippen LogP contribution is 2.45. The molecule has 258 valence electrons. The van der Waals surface area contributed by atoms with E-state index < -0.39 is 17.6 Å². The van der Waals surface area contributed by atoms with Gasteiger partial charge in [0.1, 0.15) is 5.75 Å². The molecule has 0 saturated heterocycles. The van der Waals surface area contributed by atoms with E-state index in [0.717, 1.165) is 11.1 Å². The van der Waals surface area contributed by atoms with Gasteiger partial charge in [-0.1, -0.05) is 77.9 Å². The van der Waals surface area contributed by atoms with Crippen molar-refractivity contribution in [1.82, 2.24) is 10.9 Å². The molecule has 12 heteroatoms. The first-order chi connectivity index (χ1) is 24.5. The lowest BCUT2D eigenvalue weighted by Crippen LogP contribution is -2.52. The minimum atomic E-state index is -1.51.